The van der Waals surface area contributed by atoms with Crippen LogP contribution >= 0.6 is 0 Å². The Morgan fingerprint density at radius 2 is 2.05 bits per heavy atom. The Hall–Kier alpha value is -1.32. The number of carboxylic acids is 1. The van der Waals surface area contributed by atoms with Crippen LogP contribution in [0.1, 0.15) is 51.4 Å². The predicted octanol–water partition coefficient (Wildman–Crippen LogP) is 2.49. The highest BCUT2D eigenvalue weighted by molar-refractivity contribution is 5.80. The molecule has 2 rings (SSSR count). The standard InChI is InChI=1S/C15H23NO3/c17-14(16-9-8-11-4-1-2-5-11)12-6-3-7-13(10-12)15(18)19/h4,12-13H,1-3,5-10H2,(H,16,17)(H,18,19). The average molecular weight is 265 g/mol. The Kier molecular flexibility index (Phi) is 5.00. The van der Waals surface area contributed by atoms with Gasteiger partial charge in [-0.3, -0.25) is 9.59 Å². The molecule has 0 saturated heterocycles. The van der Waals surface area contributed by atoms with Crippen LogP contribution in [0.5, 0.6) is 0 Å². The minimum Gasteiger partial charge on any atom is -0.481 e. The van der Waals surface area contributed by atoms with Gasteiger partial charge in [0, 0.05) is 12.5 Å². The number of aliphatic carboxylic acids is 1. The summed E-state index contributed by atoms with van der Waals surface area (Å²) in [7, 11) is 0. The van der Waals surface area contributed by atoms with Crippen molar-refractivity contribution < 1.29 is 14.7 Å². The molecule has 19 heavy (non-hydrogen) atoms. The van der Waals surface area contributed by atoms with Crippen LogP contribution in [0.2, 0.25) is 0 Å². The highest BCUT2D eigenvalue weighted by Crippen LogP contribution is 2.29. The van der Waals surface area contributed by atoms with E-state index in [0.717, 1.165) is 19.3 Å². The van der Waals surface area contributed by atoms with Gasteiger partial charge in [0.1, 0.15) is 0 Å². The van der Waals surface area contributed by atoms with Crippen LogP contribution < -0.4 is 5.32 Å². The number of allylic oxidation sites excluding steroid dienone is 1. The van der Waals surface area contributed by atoms with E-state index in [1.54, 1.807) is 0 Å². The van der Waals surface area contributed by atoms with E-state index in [9.17, 15) is 9.59 Å². The number of hydrogen-bond acceptors (Lipinski definition) is 2. The Labute approximate surface area is 114 Å². The molecule has 0 radical (unpaired) electrons. The molecular weight excluding hydrogens is 242 g/mol. The second-order valence-corrected chi connectivity index (χ2v) is 5.69. The summed E-state index contributed by atoms with van der Waals surface area (Å²) in [6.07, 6.45) is 9.70. The molecule has 2 aliphatic rings. The van der Waals surface area contributed by atoms with Gasteiger partial charge in [0.2, 0.25) is 5.91 Å². The van der Waals surface area contributed by atoms with Gasteiger partial charge in [0.05, 0.1) is 5.92 Å². The molecule has 1 amide bonds. The lowest BCUT2D eigenvalue weighted by Gasteiger charge is -2.25. The number of carboxylic acid groups (broad SMARTS) is 1. The number of carbonyl (C=O) groups excluding carboxylic acids is 1. The minimum absolute atomic E-state index is 0.0459. The van der Waals surface area contributed by atoms with Crippen molar-refractivity contribution >= 4 is 11.9 Å². The lowest BCUT2D eigenvalue weighted by atomic mass is 9.81. The van der Waals surface area contributed by atoms with Crippen molar-refractivity contribution in [1.29, 1.82) is 0 Å². The molecule has 106 valence electrons. The van der Waals surface area contributed by atoms with E-state index in [4.69, 9.17) is 5.11 Å². The first-order chi connectivity index (χ1) is 9.16. The largest absolute Gasteiger partial charge is 0.481 e. The molecule has 0 aromatic rings. The molecule has 0 aromatic heterocycles. The third kappa shape index (κ3) is 4.08. The second-order valence-electron chi connectivity index (χ2n) is 5.69. The van der Waals surface area contributed by atoms with E-state index < -0.39 is 5.97 Å². The SMILES string of the molecule is O=C(O)C1CCCC(C(=O)NCCC2=CCCC2)C1. The molecule has 2 unspecified atom stereocenters. The molecule has 0 bridgehead atoms. The van der Waals surface area contributed by atoms with Gasteiger partial charge in [0.25, 0.3) is 0 Å². The molecule has 4 nitrogen and oxygen atoms in total. The highest BCUT2D eigenvalue weighted by Gasteiger charge is 2.30. The summed E-state index contributed by atoms with van der Waals surface area (Å²) in [5.74, 6) is -1.15. The molecule has 2 N–H and O–H groups in total. The maximum atomic E-state index is 12.0. The number of rotatable bonds is 5. The fourth-order valence-electron chi connectivity index (χ4n) is 3.11. The summed E-state index contributed by atoms with van der Waals surface area (Å²) in [5.41, 5.74) is 1.45. The summed E-state index contributed by atoms with van der Waals surface area (Å²) in [5, 5.41) is 12.0. The Morgan fingerprint density at radius 3 is 2.74 bits per heavy atom. The van der Waals surface area contributed by atoms with Gasteiger partial charge in [-0.25, -0.2) is 0 Å². The Morgan fingerprint density at radius 1 is 1.26 bits per heavy atom. The van der Waals surface area contributed by atoms with Crippen molar-refractivity contribution in [1.82, 2.24) is 5.32 Å². The monoisotopic (exact) mass is 265 g/mol. The van der Waals surface area contributed by atoms with Crippen LogP contribution in [0.25, 0.3) is 0 Å². The molecule has 0 spiro atoms. The van der Waals surface area contributed by atoms with E-state index in [1.165, 1.54) is 24.8 Å². The van der Waals surface area contributed by atoms with Gasteiger partial charge in [-0.2, -0.15) is 0 Å². The fraction of sp³-hybridized carbons (Fsp3) is 0.733. The Bertz CT molecular complexity index is 376. The van der Waals surface area contributed by atoms with Crippen molar-refractivity contribution in [2.24, 2.45) is 11.8 Å². The van der Waals surface area contributed by atoms with Crippen LogP contribution in [0.15, 0.2) is 11.6 Å². The highest BCUT2D eigenvalue weighted by atomic mass is 16.4. The molecule has 2 aliphatic carbocycles. The van der Waals surface area contributed by atoms with Gasteiger partial charge in [-0.05, 0) is 44.9 Å². The fourth-order valence-corrected chi connectivity index (χ4v) is 3.11. The maximum absolute atomic E-state index is 12.0. The van der Waals surface area contributed by atoms with Crippen LogP contribution in [0.4, 0.5) is 0 Å². The van der Waals surface area contributed by atoms with Crippen LogP contribution in [-0.4, -0.2) is 23.5 Å². The van der Waals surface area contributed by atoms with Crippen molar-refractivity contribution in [2.75, 3.05) is 6.54 Å². The van der Waals surface area contributed by atoms with E-state index in [2.05, 4.69) is 11.4 Å². The zero-order valence-corrected chi connectivity index (χ0v) is 11.4. The van der Waals surface area contributed by atoms with Gasteiger partial charge in [-0.1, -0.05) is 18.1 Å². The zero-order chi connectivity index (χ0) is 13.7. The molecule has 1 fully saturated rings. The van der Waals surface area contributed by atoms with E-state index in [1.807, 2.05) is 0 Å². The van der Waals surface area contributed by atoms with Crippen LogP contribution in [-0.2, 0) is 9.59 Å². The first kappa shape index (κ1) is 14.1. The number of nitrogens with one attached hydrogen (secondary N) is 1. The summed E-state index contributed by atoms with van der Waals surface area (Å²) >= 11 is 0. The topological polar surface area (TPSA) is 66.4 Å². The average Bonchev–Trinajstić information content (AvgIpc) is 2.92. The minimum atomic E-state index is -0.756. The maximum Gasteiger partial charge on any atom is 0.306 e. The van der Waals surface area contributed by atoms with E-state index in [-0.39, 0.29) is 17.7 Å². The smallest absolute Gasteiger partial charge is 0.306 e. The van der Waals surface area contributed by atoms with Gasteiger partial charge < -0.3 is 10.4 Å². The number of hydrogen-bond donors (Lipinski definition) is 2. The van der Waals surface area contributed by atoms with Gasteiger partial charge in [-0.15, -0.1) is 0 Å². The summed E-state index contributed by atoms with van der Waals surface area (Å²) < 4.78 is 0. The van der Waals surface area contributed by atoms with E-state index in [0.29, 0.717) is 19.4 Å². The van der Waals surface area contributed by atoms with Crippen LogP contribution in [0.3, 0.4) is 0 Å². The van der Waals surface area contributed by atoms with Crippen molar-refractivity contribution in [3.05, 3.63) is 11.6 Å². The predicted molar refractivity (Wildman–Crippen MR) is 72.6 cm³/mol. The Balaban J connectivity index is 1.71. The first-order valence-corrected chi connectivity index (χ1v) is 7.35. The molecule has 2 atom stereocenters. The second kappa shape index (κ2) is 6.73. The van der Waals surface area contributed by atoms with Crippen molar-refractivity contribution in [3.8, 4) is 0 Å². The van der Waals surface area contributed by atoms with Gasteiger partial charge in [0.15, 0.2) is 0 Å². The van der Waals surface area contributed by atoms with Crippen molar-refractivity contribution in [3.63, 3.8) is 0 Å². The summed E-state index contributed by atoms with van der Waals surface area (Å²) in [4.78, 5) is 23.0. The quantitative estimate of drug-likeness (QED) is 0.750. The molecule has 1 saturated carbocycles. The number of amides is 1. The summed E-state index contributed by atoms with van der Waals surface area (Å²) in [6, 6.07) is 0. The lowest BCUT2D eigenvalue weighted by molar-refractivity contribution is -0.144. The van der Waals surface area contributed by atoms with Crippen LogP contribution in [0, 0.1) is 11.8 Å². The van der Waals surface area contributed by atoms with Gasteiger partial charge >= 0.3 is 5.97 Å². The van der Waals surface area contributed by atoms with Crippen molar-refractivity contribution in [2.45, 2.75) is 51.4 Å². The third-order valence-corrected chi connectivity index (χ3v) is 4.27. The number of carbonyl (C=O) groups is 2. The lowest BCUT2D eigenvalue weighted by Crippen LogP contribution is -2.35. The molecular formula is C15H23NO3. The first-order valence-electron chi connectivity index (χ1n) is 7.35. The molecule has 0 aliphatic heterocycles. The molecule has 0 aromatic carbocycles. The normalized spacial score (nSPS) is 26.8. The molecule has 0 heterocycles. The molecule has 4 heteroatoms. The van der Waals surface area contributed by atoms with E-state index >= 15 is 0 Å². The third-order valence-electron chi connectivity index (χ3n) is 4.27. The summed E-state index contributed by atoms with van der Waals surface area (Å²) in [6.45, 7) is 0.693. The zero-order valence-electron chi connectivity index (χ0n) is 11.4.